The lowest BCUT2D eigenvalue weighted by Crippen LogP contribution is -2.47. The number of hydrogen-bond donors (Lipinski definition) is 0. The van der Waals surface area contributed by atoms with Gasteiger partial charge in [-0.2, -0.15) is 5.10 Å². The zero-order chi connectivity index (χ0) is 17.3. The van der Waals surface area contributed by atoms with E-state index in [1.165, 1.54) is 5.01 Å². The molecule has 0 aliphatic carbocycles. The van der Waals surface area contributed by atoms with Gasteiger partial charge in [-0.3, -0.25) is 4.79 Å². The van der Waals surface area contributed by atoms with Gasteiger partial charge in [0, 0.05) is 19.5 Å². The summed E-state index contributed by atoms with van der Waals surface area (Å²) in [7, 11) is 0. The minimum atomic E-state index is -0.537. The van der Waals surface area contributed by atoms with Crippen molar-refractivity contribution in [3.8, 4) is 0 Å². The fourth-order valence-corrected chi connectivity index (χ4v) is 2.93. The van der Waals surface area contributed by atoms with Crippen LogP contribution in [-0.2, 0) is 16.1 Å². The molecule has 1 aromatic rings. The van der Waals surface area contributed by atoms with Crippen molar-refractivity contribution in [3.63, 3.8) is 0 Å². The topological polar surface area (TPSA) is 62.2 Å². The van der Waals surface area contributed by atoms with Gasteiger partial charge in [0.2, 0.25) is 0 Å². The van der Waals surface area contributed by atoms with Crippen LogP contribution in [0.4, 0.5) is 4.79 Å². The van der Waals surface area contributed by atoms with E-state index in [0.717, 1.165) is 11.3 Å². The Hall–Kier alpha value is -2.37. The van der Waals surface area contributed by atoms with E-state index >= 15 is 0 Å². The summed E-state index contributed by atoms with van der Waals surface area (Å²) >= 11 is 0. The maximum atomic E-state index is 12.6. The number of hydrazone groups is 1. The number of likely N-dealkylation sites (tertiary alicyclic amines) is 1. The average molecular weight is 329 g/mol. The van der Waals surface area contributed by atoms with E-state index in [4.69, 9.17) is 4.74 Å². The fraction of sp³-hybridized carbons (Fsp3) is 0.500. The number of carbonyl (C=O) groups is 2. The van der Waals surface area contributed by atoms with E-state index in [0.29, 0.717) is 26.1 Å². The van der Waals surface area contributed by atoms with Crippen LogP contribution < -0.4 is 0 Å². The molecular weight excluding hydrogens is 306 g/mol. The maximum absolute atomic E-state index is 12.6. The minimum absolute atomic E-state index is 0.0397. The second-order valence-electron chi connectivity index (χ2n) is 7.20. The van der Waals surface area contributed by atoms with E-state index in [1.807, 2.05) is 51.1 Å². The van der Waals surface area contributed by atoms with Crippen molar-refractivity contribution in [3.05, 3.63) is 35.9 Å². The SMILES string of the molecule is CC(C)(C)OC(=O)N1CCC2=NN(Cc3ccccc3)C(=O)C2C1. The smallest absolute Gasteiger partial charge is 0.410 e. The van der Waals surface area contributed by atoms with Gasteiger partial charge in [-0.15, -0.1) is 0 Å². The maximum Gasteiger partial charge on any atom is 0.410 e. The van der Waals surface area contributed by atoms with Crippen LogP contribution in [0.1, 0.15) is 32.8 Å². The van der Waals surface area contributed by atoms with Crippen molar-refractivity contribution in [1.29, 1.82) is 0 Å². The van der Waals surface area contributed by atoms with Crippen LogP contribution in [0.3, 0.4) is 0 Å². The highest BCUT2D eigenvalue weighted by atomic mass is 16.6. The zero-order valence-electron chi connectivity index (χ0n) is 14.4. The van der Waals surface area contributed by atoms with Gasteiger partial charge < -0.3 is 9.64 Å². The van der Waals surface area contributed by atoms with Crippen LogP contribution >= 0.6 is 0 Å². The van der Waals surface area contributed by atoms with Gasteiger partial charge in [-0.1, -0.05) is 30.3 Å². The van der Waals surface area contributed by atoms with Crippen LogP contribution in [0.25, 0.3) is 0 Å². The minimum Gasteiger partial charge on any atom is -0.444 e. The molecule has 2 aliphatic heterocycles. The quantitative estimate of drug-likeness (QED) is 0.838. The monoisotopic (exact) mass is 329 g/mol. The lowest BCUT2D eigenvalue weighted by molar-refractivity contribution is -0.132. The predicted octanol–water partition coefficient (Wildman–Crippen LogP) is 2.64. The van der Waals surface area contributed by atoms with Crippen molar-refractivity contribution >= 4 is 17.7 Å². The summed E-state index contributed by atoms with van der Waals surface area (Å²) < 4.78 is 5.41. The third-order valence-electron chi connectivity index (χ3n) is 4.07. The van der Waals surface area contributed by atoms with Gasteiger partial charge in [0.15, 0.2) is 0 Å². The molecule has 0 aromatic heterocycles. The Balaban J connectivity index is 1.65. The van der Waals surface area contributed by atoms with E-state index in [2.05, 4.69) is 5.10 Å². The standard InChI is InChI=1S/C18H23N3O3/c1-18(2,3)24-17(23)20-10-9-15-14(12-20)16(22)21(19-15)11-13-7-5-4-6-8-13/h4-8,14H,9-12H2,1-3H3. The van der Waals surface area contributed by atoms with Gasteiger partial charge in [0.05, 0.1) is 18.2 Å². The van der Waals surface area contributed by atoms with Crippen molar-refractivity contribution < 1.29 is 14.3 Å². The number of ether oxygens (including phenoxy) is 1. The third kappa shape index (κ3) is 3.58. The molecule has 1 aromatic carbocycles. The molecule has 6 nitrogen and oxygen atoms in total. The molecule has 128 valence electrons. The van der Waals surface area contributed by atoms with Gasteiger partial charge in [-0.05, 0) is 26.3 Å². The number of hydrogen-bond acceptors (Lipinski definition) is 4. The first-order chi connectivity index (χ1) is 11.3. The lowest BCUT2D eigenvalue weighted by atomic mass is 9.96. The van der Waals surface area contributed by atoms with E-state index in [-0.39, 0.29) is 17.9 Å². The number of piperidine rings is 1. The molecule has 2 amide bonds. The summed E-state index contributed by atoms with van der Waals surface area (Å²) in [6.07, 6.45) is 0.247. The molecule has 1 unspecified atom stereocenters. The zero-order valence-corrected chi connectivity index (χ0v) is 14.4. The van der Waals surface area contributed by atoms with Gasteiger partial charge in [-0.25, -0.2) is 9.80 Å². The van der Waals surface area contributed by atoms with E-state index < -0.39 is 5.60 Å². The molecule has 0 saturated carbocycles. The Morgan fingerprint density at radius 2 is 2.00 bits per heavy atom. The van der Waals surface area contributed by atoms with Crippen LogP contribution in [0.15, 0.2) is 35.4 Å². The Morgan fingerprint density at radius 3 is 2.67 bits per heavy atom. The molecule has 2 heterocycles. The number of benzene rings is 1. The summed E-state index contributed by atoms with van der Waals surface area (Å²) in [5.41, 5.74) is 1.37. The summed E-state index contributed by atoms with van der Waals surface area (Å²) in [5, 5.41) is 6.00. The molecule has 0 spiro atoms. The molecule has 24 heavy (non-hydrogen) atoms. The molecular formula is C18H23N3O3. The molecule has 0 radical (unpaired) electrons. The molecule has 1 atom stereocenters. The molecule has 1 fully saturated rings. The normalized spacial score (nSPS) is 20.7. The number of carbonyl (C=O) groups excluding carboxylic acids is 2. The first kappa shape index (κ1) is 16.5. The molecule has 0 N–H and O–H groups in total. The van der Waals surface area contributed by atoms with Crippen molar-refractivity contribution in [1.82, 2.24) is 9.91 Å². The van der Waals surface area contributed by atoms with Crippen LogP contribution in [0.2, 0.25) is 0 Å². The van der Waals surface area contributed by atoms with Gasteiger partial charge in [0.1, 0.15) is 5.60 Å². The number of rotatable bonds is 2. The van der Waals surface area contributed by atoms with Crippen molar-refractivity contribution in [2.45, 2.75) is 39.3 Å². The number of amides is 2. The largest absolute Gasteiger partial charge is 0.444 e. The first-order valence-electron chi connectivity index (χ1n) is 8.24. The van der Waals surface area contributed by atoms with Gasteiger partial charge >= 0.3 is 6.09 Å². The predicted molar refractivity (Wildman–Crippen MR) is 90.3 cm³/mol. The highest BCUT2D eigenvalue weighted by Crippen LogP contribution is 2.26. The van der Waals surface area contributed by atoms with Gasteiger partial charge in [0.25, 0.3) is 5.91 Å². The average Bonchev–Trinajstić information content (AvgIpc) is 2.82. The highest BCUT2D eigenvalue weighted by molar-refractivity contribution is 6.09. The third-order valence-corrected chi connectivity index (χ3v) is 4.07. The fourth-order valence-electron chi connectivity index (χ4n) is 2.93. The summed E-state index contributed by atoms with van der Waals surface area (Å²) in [6, 6.07) is 9.78. The van der Waals surface area contributed by atoms with Crippen LogP contribution in [0, 0.1) is 5.92 Å². The number of fused-ring (bicyclic) bond motifs is 1. The lowest BCUT2D eigenvalue weighted by Gasteiger charge is -2.32. The van der Waals surface area contributed by atoms with Crippen molar-refractivity contribution in [2.24, 2.45) is 11.0 Å². The highest BCUT2D eigenvalue weighted by Gasteiger charge is 2.41. The summed E-state index contributed by atoms with van der Waals surface area (Å²) in [5.74, 6) is -0.378. The first-order valence-corrected chi connectivity index (χ1v) is 8.24. The molecule has 6 heteroatoms. The van der Waals surface area contributed by atoms with Crippen molar-refractivity contribution in [2.75, 3.05) is 13.1 Å². The Kier molecular flexibility index (Phi) is 4.30. The molecule has 3 rings (SSSR count). The molecule has 0 bridgehead atoms. The summed E-state index contributed by atoms with van der Waals surface area (Å²) in [6.45, 7) is 6.86. The van der Waals surface area contributed by atoms with E-state index in [9.17, 15) is 9.59 Å². The molecule has 1 saturated heterocycles. The second-order valence-corrected chi connectivity index (χ2v) is 7.20. The Bertz CT molecular complexity index is 664. The van der Waals surface area contributed by atoms with E-state index in [1.54, 1.807) is 4.90 Å². The second kappa shape index (κ2) is 6.26. The number of nitrogens with zero attached hydrogens (tertiary/aromatic N) is 3. The molecule has 2 aliphatic rings. The Labute approximate surface area is 142 Å². The Morgan fingerprint density at radius 1 is 1.29 bits per heavy atom. The van der Waals surface area contributed by atoms with Crippen LogP contribution in [-0.4, -0.2) is 46.3 Å². The van der Waals surface area contributed by atoms with Crippen LogP contribution in [0.5, 0.6) is 0 Å². The summed E-state index contributed by atoms with van der Waals surface area (Å²) in [4.78, 5) is 26.5.